The number of anilines is 1. The van der Waals surface area contributed by atoms with Crippen LogP contribution >= 0.6 is 8.53 Å². The highest BCUT2D eigenvalue weighted by atomic mass is 31.2. The Balaban J connectivity index is 1.42. The van der Waals surface area contributed by atoms with Gasteiger partial charge in [-0.05, 0) is 37.8 Å². The van der Waals surface area contributed by atoms with E-state index in [4.69, 9.17) is 23.3 Å². The van der Waals surface area contributed by atoms with E-state index >= 15 is 0 Å². The van der Waals surface area contributed by atoms with Crippen molar-refractivity contribution in [2.45, 2.75) is 76.2 Å². The van der Waals surface area contributed by atoms with Gasteiger partial charge in [0.1, 0.15) is 23.6 Å². The highest BCUT2D eigenvalue weighted by Crippen LogP contribution is 2.64. The number of fused-ring (bicyclic) bond motifs is 1. The molecular formula is C27H37N4O7P. The van der Waals surface area contributed by atoms with Crippen LogP contribution in [0.2, 0.25) is 0 Å². The molecule has 3 aliphatic rings. The number of ether oxygens (including phenoxy) is 3. The van der Waals surface area contributed by atoms with Gasteiger partial charge in [0.2, 0.25) is 5.91 Å². The number of carbonyl (C=O) groups is 1. The Hall–Kier alpha value is -2.24. The number of amides is 1. The molecule has 0 saturated carbocycles. The van der Waals surface area contributed by atoms with Gasteiger partial charge in [0.05, 0.1) is 25.4 Å². The monoisotopic (exact) mass is 560 g/mol. The fourth-order valence-electron chi connectivity index (χ4n) is 5.67. The van der Waals surface area contributed by atoms with Crippen molar-refractivity contribution in [3.63, 3.8) is 0 Å². The molecular weight excluding hydrogens is 523 g/mol. The van der Waals surface area contributed by atoms with Crippen LogP contribution in [0, 0.1) is 0 Å². The second-order valence-electron chi connectivity index (χ2n) is 10.2. The zero-order valence-electron chi connectivity index (χ0n) is 22.8. The molecule has 3 fully saturated rings. The quantitative estimate of drug-likeness (QED) is 0.344. The molecule has 2 aromatic rings. The van der Waals surface area contributed by atoms with Crippen LogP contribution in [-0.4, -0.2) is 71.4 Å². The number of aromatic nitrogens is 2. The van der Waals surface area contributed by atoms with Gasteiger partial charge in [-0.2, -0.15) is 4.98 Å². The van der Waals surface area contributed by atoms with Gasteiger partial charge in [-0.1, -0.05) is 37.3 Å². The molecule has 0 radical (unpaired) electrons. The van der Waals surface area contributed by atoms with Crippen LogP contribution in [0.1, 0.15) is 51.8 Å². The lowest BCUT2D eigenvalue weighted by Gasteiger charge is -2.29. The summed E-state index contributed by atoms with van der Waals surface area (Å²) in [6.45, 7) is 7.11. The second-order valence-corrected chi connectivity index (χ2v) is 11.6. The maximum absolute atomic E-state index is 13.0. The molecule has 0 aliphatic carbocycles. The van der Waals surface area contributed by atoms with Gasteiger partial charge in [0.15, 0.2) is 6.23 Å². The third-order valence-corrected chi connectivity index (χ3v) is 9.45. The average Bonchev–Trinajstić information content (AvgIpc) is 3.61. The van der Waals surface area contributed by atoms with Crippen LogP contribution in [0.3, 0.4) is 0 Å². The fourth-order valence-corrected chi connectivity index (χ4v) is 7.82. The van der Waals surface area contributed by atoms with E-state index in [1.165, 1.54) is 11.5 Å². The van der Waals surface area contributed by atoms with E-state index in [-0.39, 0.29) is 23.9 Å². The summed E-state index contributed by atoms with van der Waals surface area (Å²) in [4.78, 5) is 28.4. The van der Waals surface area contributed by atoms with Gasteiger partial charge in [-0.15, -0.1) is 0 Å². The largest absolute Gasteiger partial charge is 0.382 e. The van der Waals surface area contributed by atoms with Gasteiger partial charge in [-0.25, -0.2) is 9.46 Å². The van der Waals surface area contributed by atoms with Gasteiger partial charge in [0.25, 0.3) is 8.53 Å². The Morgan fingerprint density at radius 1 is 1.23 bits per heavy atom. The minimum absolute atomic E-state index is 0.182. The summed E-state index contributed by atoms with van der Waals surface area (Å²) in [6.07, 6.45) is 2.14. The van der Waals surface area contributed by atoms with Crippen molar-refractivity contribution in [1.29, 1.82) is 0 Å². The first kappa shape index (κ1) is 28.3. The van der Waals surface area contributed by atoms with E-state index in [2.05, 4.69) is 34.0 Å². The summed E-state index contributed by atoms with van der Waals surface area (Å²) in [7, 11) is 0.204. The third-order valence-electron chi connectivity index (χ3n) is 7.59. The zero-order valence-corrected chi connectivity index (χ0v) is 23.7. The molecule has 1 unspecified atom stereocenters. The smallest absolute Gasteiger partial charge is 0.351 e. The summed E-state index contributed by atoms with van der Waals surface area (Å²) in [5, 5.41) is 2.54. The van der Waals surface area contributed by atoms with E-state index in [9.17, 15) is 9.59 Å². The van der Waals surface area contributed by atoms with Crippen molar-refractivity contribution in [2.24, 2.45) is 0 Å². The first-order valence-electron chi connectivity index (χ1n) is 13.5. The third kappa shape index (κ3) is 5.67. The number of benzene rings is 1. The van der Waals surface area contributed by atoms with Crippen molar-refractivity contribution in [2.75, 3.05) is 32.2 Å². The lowest BCUT2D eigenvalue weighted by Crippen LogP contribution is -2.39. The molecule has 212 valence electrons. The summed E-state index contributed by atoms with van der Waals surface area (Å²) in [5.74, 6) is -0.125. The highest BCUT2D eigenvalue weighted by Gasteiger charge is 2.57. The lowest BCUT2D eigenvalue weighted by atomic mass is 9.87. The van der Waals surface area contributed by atoms with Gasteiger partial charge in [-0.3, -0.25) is 9.36 Å². The van der Waals surface area contributed by atoms with Crippen LogP contribution in [0.5, 0.6) is 0 Å². The summed E-state index contributed by atoms with van der Waals surface area (Å²) in [5.41, 5.74) is 0.0886. The Labute approximate surface area is 229 Å². The molecule has 0 spiro atoms. The molecule has 4 heterocycles. The predicted molar refractivity (Wildman–Crippen MR) is 145 cm³/mol. The molecule has 12 heteroatoms. The molecule has 7 atom stereocenters. The Morgan fingerprint density at radius 3 is 2.72 bits per heavy atom. The molecule has 11 nitrogen and oxygen atoms in total. The molecule has 0 bridgehead atoms. The standard InChI is InChI=1S/C27H37N4O7P/c1-5-20-23(37-39-31-14-9-12-21(31)27(3,38-39)19-10-7-6-8-11-19)24(35-17-16-34-4)25(36-20)30-15-13-22(28-18(2)32)29-26(30)33/h6-8,10-11,13,15,20-21,23-25H,5,9,12,14,16-17H2,1-4H3,(H,28,29,32,33)/t20-,21+,23+,24?,25-,27-,39+/m1/s1. The number of carbonyl (C=O) groups excluding carboxylic acids is 1. The topological polar surface area (TPSA) is 113 Å². The average molecular weight is 561 g/mol. The molecule has 1 N–H and O–H groups in total. The molecule has 5 rings (SSSR count). The van der Waals surface area contributed by atoms with E-state index in [1.54, 1.807) is 19.4 Å². The van der Waals surface area contributed by atoms with Crippen LogP contribution in [0.15, 0.2) is 47.4 Å². The number of methoxy groups -OCH3 is 1. The van der Waals surface area contributed by atoms with Crippen LogP contribution in [0.25, 0.3) is 0 Å². The second kappa shape index (κ2) is 12.1. The highest BCUT2D eigenvalue weighted by molar-refractivity contribution is 7.45. The van der Waals surface area contributed by atoms with Crippen LogP contribution < -0.4 is 11.0 Å². The maximum atomic E-state index is 13.0. The van der Waals surface area contributed by atoms with Gasteiger partial charge < -0.3 is 28.6 Å². The molecule has 1 aromatic carbocycles. The first-order valence-corrected chi connectivity index (χ1v) is 14.6. The molecule has 3 aliphatic heterocycles. The molecule has 3 saturated heterocycles. The van der Waals surface area contributed by atoms with Crippen molar-refractivity contribution in [3.05, 3.63) is 58.6 Å². The zero-order chi connectivity index (χ0) is 27.6. The number of rotatable bonds is 10. The van der Waals surface area contributed by atoms with Crippen molar-refractivity contribution < 1.29 is 28.1 Å². The minimum atomic E-state index is -1.40. The lowest BCUT2D eigenvalue weighted by molar-refractivity contribution is -0.114. The fraction of sp³-hybridized carbons (Fsp3) is 0.593. The maximum Gasteiger partial charge on any atom is 0.351 e. The van der Waals surface area contributed by atoms with E-state index in [0.717, 1.165) is 24.9 Å². The van der Waals surface area contributed by atoms with Crippen molar-refractivity contribution in [3.8, 4) is 0 Å². The molecule has 1 aromatic heterocycles. The Bertz CT molecular complexity index is 1200. The number of nitrogens with zero attached hydrogens (tertiary/aromatic N) is 3. The van der Waals surface area contributed by atoms with Gasteiger partial charge in [0, 0.05) is 26.8 Å². The van der Waals surface area contributed by atoms with Crippen LogP contribution in [0.4, 0.5) is 5.82 Å². The molecule has 1 amide bonds. The van der Waals surface area contributed by atoms with Crippen molar-refractivity contribution >= 4 is 20.3 Å². The van der Waals surface area contributed by atoms with Gasteiger partial charge >= 0.3 is 5.69 Å². The predicted octanol–water partition coefficient (Wildman–Crippen LogP) is 3.56. The van der Waals surface area contributed by atoms with E-state index < -0.39 is 38.3 Å². The Morgan fingerprint density at radius 2 is 2.03 bits per heavy atom. The van der Waals surface area contributed by atoms with E-state index in [0.29, 0.717) is 19.6 Å². The summed E-state index contributed by atoms with van der Waals surface area (Å²) in [6, 6.07) is 12.1. The SMILES string of the molecule is CC[C@H]1O[C@@H](n2ccc(NC(C)=O)nc2=O)C(OCCOC)[C@H]1O[P@@]1O[C@](C)(c2ccccc2)[C@@H]2CCCN21. The first-order chi connectivity index (χ1) is 18.9. The van der Waals surface area contributed by atoms with Crippen molar-refractivity contribution in [1.82, 2.24) is 14.2 Å². The summed E-state index contributed by atoms with van der Waals surface area (Å²) >= 11 is 0. The molecule has 39 heavy (non-hydrogen) atoms. The summed E-state index contributed by atoms with van der Waals surface area (Å²) < 4.78 is 35.2. The van der Waals surface area contributed by atoms with E-state index in [1.807, 2.05) is 25.1 Å². The van der Waals surface area contributed by atoms with Crippen LogP contribution in [-0.2, 0) is 33.7 Å². The number of hydrogen-bond acceptors (Lipinski definition) is 9. The Kier molecular flexibility index (Phi) is 8.78. The number of hydrogen-bond donors (Lipinski definition) is 1. The number of nitrogens with one attached hydrogen (secondary N) is 1. The minimum Gasteiger partial charge on any atom is -0.382 e. The normalized spacial score (nSPS) is 32.4.